The predicted octanol–water partition coefficient (Wildman–Crippen LogP) is 1.33. The highest BCUT2D eigenvalue weighted by molar-refractivity contribution is 5.86. The average molecular weight is 374 g/mol. The molecule has 27 heavy (non-hydrogen) atoms. The van der Waals surface area contributed by atoms with Gasteiger partial charge in [0.2, 0.25) is 5.91 Å². The Morgan fingerprint density at radius 1 is 1.22 bits per heavy atom. The van der Waals surface area contributed by atoms with Crippen molar-refractivity contribution < 1.29 is 24.2 Å². The van der Waals surface area contributed by atoms with Crippen LogP contribution in [0.1, 0.15) is 43.4 Å². The molecular formula is C20H24NO6-. The zero-order chi connectivity index (χ0) is 20.3. The van der Waals surface area contributed by atoms with Crippen LogP contribution in [0.25, 0.3) is 11.0 Å². The summed E-state index contributed by atoms with van der Waals surface area (Å²) in [5, 5.41) is 24.0. The molecule has 0 spiro atoms. The molecular weight excluding hydrogens is 350 g/mol. The number of rotatable bonds is 7. The van der Waals surface area contributed by atoms with Crippen molar-refractivity contribution in [3.63, 3.8) is 0 Å². The van der Waals surface area contributed by atoms with Gasteiger partial charge < -0.3 is 24.7 Å². The van der Waals surface area contributed by atoms with Gasteiger partial charge in [0, 0.05) is 22.9 Å². The lowest BCUT2D eigenvalue weighted by atomic mass is 10.00. The van der Waals surface area contributed by atoms with E-state index in [-0.39, 0.29) is 30.9 Å². The van der Waals surface area contributed by atoms with Gasteiger partial charge in [-0.2, -0.15) is 0 Å². The first kappa shape index (κ1) is 20.5. The van der Waals surface area contributed by atoms with Crippen molar-refractivity contribution in [2.45, 2.75) is 53.0 Å². The van der Waals surface area contributed by atoms with Crippen LogP contribution in [0.4, 0.5) is 0 Å². The first-order valence-corrected chi connectivity index (χ1v) is 8.86. The van der Waals surface area contributed by atoms with Crippen molar-refractivity contribution in [3.05, 3.63) is 39.2 Å². The zero-order valence-electron chi connectivity index (χ0n) is 15.9. The van der Waals surface area contributed by atoms with Gasteiger partial charge >= 0.3 is 5.63 Å². The molecule has 0 aliphatic rings. The fourth-order valence-electron chi connectivity index (χ4n) is 3.06. The number of hydrogen-bond acceptors (Lipinski definition) is 6. The predicted molar refractivity (Wildman–Crippen MR) is 98.3 cm³/mol. The van der Waals surface area contributed by atoms with Gasteiger partial charge in [-0.3, -0.25) is 4.79 Å². The molecule has 2 rings (SSSR count). The van der Waals surface area contributed by atoms with E-state index in [9.17, 15) is 24.6 Å². The highest BCUT2D eigenvalue weighted by atomic mass is 16.4. The summed E-state index contributed by atoms with van der Waals surface area (Å²) in [7, 11) is 0. The fourth-order valence-corrected chi connectivity index (χ4v) is 3.06. The van der Waals surface area contributed by atoms with Crippen molar-refractivity contribution >= 4 is 22.8 Å². The van der Waals surface area contributed by atoms with E-state index >= 15 is 0 Å². The normalized spacial score (nSPS) is 12.3. The number of carbonyl (C=O) groups is 2. The number of hydrogen-bond donors (Lipinski definition) is 2. The average Bonchev–Trinajstić information content (AvgIpc) is 2.57. The van der Waals surface area contributed by atoms with Crippen LogP contribution in [-0.4, -0.2) is 23.0 Å². The van der Waals surface area contributed by atoms with Gasteiger partial charge in [0.05, 0.1) is 12.0 Å². The van der Waals surface area contributed by atoms with Crippen LogP contribution in [0.5, 0.6) is 5.75 Å². The number of aliphatic carboxylic acids is 1. The largest absolute Gasteiger partial charge is 0.548 e. The zero-order valence-corrected chi connectivity index (χ0v) is 15.9. The van der Waals surface area contributed by atoms with Crippen LogP contribution in [0.3, 0.4) is 0 Å². The lowest BCUT2D eigenvalue weighted by molar-refractivity contribution is -0.308. The Morgan fingerprint density at radius 3 is 2.48 bits per heavy atom. The molecule has 2 aromatic rings. The monoisotopic (exact) mass is 374 g/mol. The van der Waals surface area contributed by atoms with E-state index in [4.69, 9.17) is 4.42 Å². The van der Waals surface area contributed by atoms with Crippen LogP contribution in [0.2, 0.25) is 0 Å². The molecule has 0 aliphatic carbocycles. The van der Waals surface area contributed by atoms with Crippen molar-refractivity contribution in [1.82, 2.24) is 5.32 Å². The maximum Gasteiger partial charge on any atom is 0.339 e. The Balaban J connectivity index is 2.19. The molecule has 0 bridgehead atoms. The number of aromatic hydroxyl groups is 1. The van der Waals surface area contributed by atoms with Gasteiger partial charge in [-0.15, -0.1) is 0 Å². The third kappa shape index (κ3) is 4.67. The Kier molecular flexibility index (Phi) is 6.25. The third-order valence-corrected chi connectivity index (χ3v) is 4.60. The SMILES string of the molecule is Cc1c(CCC(=O)N[C@@H](CC(C)C)C(=O)[O-])c(=O)oc2c(C)c(O)ccc12. The second kappa shape index (κ2) is 8.24. The van der Waals surface area contributed by atoms with E-state index in [2.05, 4.69) is 5.32 Å². The van der Waals surface area contributed by atoms with Gasteiger partial charge in [0.1, 0.15) is 11.3 Å². The molecule has 1 atom stereocenters. The van der Waals surface area contributed by atoms with Crippen LogP contribution < -0.4 is 16.0 Å². The van der Waals surface area contributed by atoms with Crippen LogP contribution in [-0.2, 0) is 16.0 Å². The summed E-state index contributed by atoms with van der Waals surface area (Å²) in [5.74, 6) is -1.67. The number of phenols is 1. The van der Waals surface area contributed by atoms with Gasteiger partial charge in [-0.05, 0) is 50.3 Å². The first-order valence-electron chi connectivity index (χ1n) is 8.86. The second-order valence-corrected chi connectivity index (χ2v) is 7.15. The molecule has 0 saturated carbocycles. The standard InChI is InChI=1S/C20H25NO6/c1-10(2)9-15(19(24)25)21-17(23)8-6-14-11(3)13-5-7-16(22)12(4)18(13)27-20(14)26/h5,7,10,15,22H,6,8-9H2,1-4H3,(H,21,23)(H,24,25)/p-1/t15-/m0/s1. The maximum atomic E-state index is 12.3. The number of amides is 1. The van der Waals surface area contributed by atoms with E-state index in [1.54, 1.807) is 19.9 Å². The molecule has 1 amide bonds. The van der Waals surface area contributed by atoms with E-state index in [1.807, 2.05) is 13.8 Å². The molecule has 7 nitrogen and oxygen atoms in total. The molecule has 1 aromatic heterocycles. The van der Waals surface area contributed by atoms with Gasteiger partial charge in [-0.25, -0.2) is 4.79 Å². The van der Waals surface area contributed by atoms with Crippen molar-refractivity contribution in [1.29, 1.82) is 0 Å². The smallest absolute Gasteiger partial charge is 0.339 e. The number of aryl methyl sites for hydroxylation is 2. The number of phenolic OH excluding ortho intramolecular Hbond substituents is 1. The summed E-state index contributed by atoms with van der Waals surface area (Å²) in [6, 6.07) is 2.13. The topological polar surface area (TPSA) is 120 Å². The lowest BCUT2D eigenvalue weighted by Crippen LogP contribution is -2.48. The Labute approximate surface area is 157 Å². The highest BCUT2D eigenvalue weighted by Crippen LogP contribution is 2.28. The number of carbonyl (C=O) groups excluding carboxylic acids is 2. The van der Waals surface area contributed by atoms with Crippen LogP contribution >= 0.6 is 0 Å². The van der Waals surface area contributed by atoms with E-state index in [1.165, 1.54) is 6.07 Å². The molecule has 0 unspecified atom stereocenters. The van der Waals surface area contributed by atoms with Gasteiger partial charge in [-0.1, -0.05) is 13.8 Å². The summed E-state index contributed by atoms with van der Waals surface area (Å²) >= 11 is 0. The summed E-state index contributed by atoms with van der Waals surface area (Å²) < 4.78 is 5.34. The minimum atomic E-state index is -1.33. The molecule has 1 aromatic carbocycles. The molecule has 7 heteroatoms. The Morgan fingerprint density at radius 2 is 1.89 bits per heavy atom. The first-order chi connectivity index (χ1) is 12.6. The molecule has 0 saturated heterocycles. The highest BCUT2D eigenvalue weighted by Gasteiger charge is 2.18. The molecule has 2 N–H and O–H groups in total. The summed E-state index contributed by atoms with van der Waals surface area (Å²) in [4.78, 5) is 35.6. The molecule has 0 aliphatic heterocycles. The molecule has 0 radical (unpaired) electrons. The van der Waals surface area contributed by atoms with Gasteiger partial charge in [0.25, 0.3) is 0 Å². The van der Waals surface area contributed by atoms with Crippen molar-refractivity contribution in [2.24, 2.45) is 5.92 Å². The quantitative estimate of drug-likeness (QED) is 0.706. The summed E-state index contributed by atoms with van der Waals surface area (Å²) in [5.41, 5.74) is 1.26. The van der Waals surface area contributed by atoms with Gasteiger partial charge in [0.15, 0.2) is 0 Å². The minimum Gasteiger partial charge on any atom is -0.548 e. The van der Waals surface area contributed by atoms with Crippen molar-refractivity contribution in [3.8, 4) is 5.75 Å². The van der Waals surface area contributed by atoms with Crippen LogP contribution in [0.15, 0.2) is 21.3 Å². The molecule has 146 valence electrons. The Hall–Kier alpha value is -2.83. The fraction of sp³-hybridized carbons (Fsp3) is 0.450. The maximum absolute atomic E-state index is 12.3. The third-order valence-electron chi connectivity index (χ3n) is 4.60. The number of carboxylic acid groups (broad SMARTS) is 1. The molecule has 1 heterocycles. The van der Waals surface area contributed by atoms with Crippen molar-refractivity contribution in [2.75, 3.05) is 0 Å². The minimum absolute atomic E-state index is 0.0376. The van der Waals surface area contributed by atoms with Crippen LogP contribution in [0, 0.1) is 19.8 Å². The van der Waals surface area contributed by atoms with E-state index in [0.717, 1.165) is 0 Å². The number of benzene rings is 1. The number of nitrogens with one attached hydrogen (secondary N) is 1. The van der Waals surface area contributed by atoms with E-state index < -0.39 is 23.5 Å². The summed E-state index contributed by atoms with van der Waals surface area (Å²) in [6.07, 6.45) is 0.349. The lowest BCUT2D eigenvalue weighted by Gasteiger charge is -2.21. The molecule has 0 fully saturated rings. The number of carboxylic acids is 1. The van der Waals surface area contributed by atoms with E-state index in [0.29, 0.717) is 27.7 Å². The second-order valence-electron chi connectivity index (χ2n) is 7.15. The summed E-state index contributed by atoms with van der Waals surface area (Å²) in [6.45, 7) is 7.12. The Bertz CT molecular complexity index is 928. The number of fused-ring (bicyclic) bond motifs is 1.